The molecule has 1 heterocycles. The third-order valence-electron chi connectivity index (χ3n) is 4.57. The SMILES string of the molecule is Cc1nc2cc(C(=O)OCC(=O)c3ccc(Cl)cc3)ccc2n1-c1ccccc1. The number of aryl methyl sites for hydroxylation is 1. The van der Waals surface area contributed by atoms with E-state index in [1.807, 2.05) is 47.9 Å². The molecule has 4 rings (SSSR count). The van der Waals surface area contributed by atoms with Gasteiger partial charge in [-0.3, -0.25) is 9.36 Å². The zero-order chi connectivity index (χ0) is 20.4. The lowest BCUT2D eigenvalue weighted by atomic mass is 10.1. The van der Waals surface area contributed by atoms with E-state index in [0.29, 0.717) is 21.7 Å². The molecule has 0 aliphatic rings. The Bertz CT molecular complexity index is 1200. The molecule has 0 bridgehead atoms. The van der Waals surface area contributed by atoms with E-state index in [1.165, 1.54) is 0 Å². The second kappa shape index (κ2) is 7.89. The number of carbonyl (C=O) groups excluding carboxylic acids is 2. The first kappa shape index (κ1) is 18.9. The van der Waals surface area contributed by atoms with Gasteiger partial charge in [-0.05, 0) is 61.5 Å². The van der Waals surface area contributed by atoms with Crippen molar-refractivity contribution in [1.82, 2.24) is 9.55 Å². The van der Waals surface area contributed by atoms with Crippen molar-refractivity contribution in [3.63, 3.8) is 0 Å². The van der Waals surface area contributed by atoms with Crippen molar-refractivity contribution >= 4 is 34.4 Å². The highest BCUT2D eigenvalue weighted by Crippen LogP contribution is 2.22. The third kappa shape index (κ3) is 3.91. The van der Waals surface area contributed by atoms with Crippen LogP contribution in [0, 0.1) is 6.92 Å². The van der Waals surface area contributed by atoms with Crippen LogP contribution >= 0.6 is 11.6 Å². The Balaban J connectivity index is 1.53. The van der Waals surface area contributed by atoms with Crippen LogP contribution in [0.2, 0.25) is 5.02 Å². The molecule has 0 amide bonds. The highest BCUT2D eigenvalue weighted by atomic mass is 35.5. The molecule has 0 atom stereocenters. The number of ether oxygens (including phenoxy) is 1. The number of esters is 1. The molecule has 0 unspecified atom stereocenters. The van der Waals surface area contributed by atoms with Gasteiger partial charge in [0, 0.05) is 16.3 Å². The van der Waals surface area contributed by atoms with Crippen LogP contribution < -0.4 is 0 Å². The number of rotatable bonds is 5. The molecule has 4 aromatic rings. The van der Waals surface area contributed by atoms with Crippen molar-refractivity contribution in [1.29, 1.82) is 0 Å². The Morgan fingerprint density at radius 2 is 1.66 bits per heavy atom. The Labute approximate surface area is 172 Å². The van der Waals surface area contributed by atoms with Gasteiger partial charge in [-0.15, -0.1) is 0 Å². The first-order valence-electron chi connectivity index (χ1n) is 9.03. The summed E-state index contributed by atoms with van der Waals surface area (Å²) in [7, 11) is 0. The number of imidazole rings is 1. The maximum Gasteiger partial charge on any atom is 0.338 e. The maximum atomic E-state index is 12.4. The smallest absolute Gasteiger partial charge is 0.338 e. The summed E-state index contributed by atoms with van der Waals surface area (Å²) in [4.78, 5) is 29.1. The van der Waals surface area contributed by atoms with E-state index in [4.69, 9.17) is 16.3 Å². The van der Waals surface area contributed by atoms with E-state index in [2.05, 4.69) is 4.98 Å². The van der Waals surface area contributed by atoms with Crippen LogP contribution in [0.4, 0.5) is 0 Å². The third-order valence-corrected chi connectivity index (χ3v) is 4.82. The molecule has 0 fully saturated rings. The number of fused-ring (bicyclic) bond motifs is 1. The molecular weight excluding hydrogens is 388 g/mol. The van der Waals surface area contributed by atoms with Gasteiger partial charge in [-0.1, -0.05) is 29.8 Å². The molecule has 0 N–H and O–H groups in total. The number of para-hydroxylation sites is 1. The van der Waals surface area contributed by atoms with E-state index in [-0.39, 0.29) is 12.4 Å². The fraction of sp³-hybridized carbons (Fsp3) is 0.0870. The van der Waals surface area contributed by atoms with Crippen LogP contribution in [0.25, 0.3) is 16.7 Å². The Kier molecular flexibility index (Phi) is 5.14. The zero-order valence-electron chi connectivity index (χ0n) is 15.6. The quantitative estimate of drug-likeness (QED) is 0.346. The second-order valence-corrected chi connectivity index (χ2v) is 6.98. The van der Waals surface area contributed by atoms with Gasteiger partial charge in [0.2, 0.25) is 0 Å². The van der Waals surface area contributed by atoms with Gasteiger partial charge in [0.15, 0.2) is 12.4 Å². The Morgan fingerprint density at radius 3 is 2.38 bits per heavy atom. The summed E-state index contributed by atoms with van der Waals surface area (Å²) in [6.45, 7) is 1.58. The molecule has 29 heavy (non-hydrogen) atoms. The first-order valence-corrected chi connectivity index (χ1v) is 9.41. The lowest BCUT2D eigenvalue weighted by Gasteiger charge is -2.07. The number of benzene rings is 3. The molecule has 0 saturated heterocycles. The minimum absolute atomic E-state index is 0.291. The van der Waals surface area contributed by atoms with Crippen LogP contribution in [0.5, 0.6) is 0 Å². The van der Waals surface area contributed by atoms with Crippen molar-refractivity contribution in [2.24, 2.45) is 0 Å². The number of halogens is 1. The van der Waals surface area contributed by atoms with Gasteiger partial charge < -0.3 is 4.74 Å². The van der Waals surface area contributed by atoms with Crippen molar-refractivity contribution < 1.29 is 14.3 Å². The number of aromatic nitrogens is 2. The average Bonchev–Trinajstić information content (AvgIpc) is 3.07. The number of nitrogens with zero attached hydrogens (tertiary/aromatic N) is 2. The Morgan fingerprint density at radius 1 is 0.966 bits per heavy atom. The van der Waals surface area contributed by atoms with E-state index < -0.39 is 5.97 Å². The largest absolute Gasteiger partial charge is 0.454 e. The van der Waals surface area contributed by atoms with Gasteiger partial charge in [0.25, 0.3) is 0 Å². The number of hydrogen-bond acceptors (Lipinski definition) is 4. The Hall–Kier alpha value is -3.44. The summed E-state index contributed by atoms with van der Waals surface area (Å²) >= 11 is 5.82. The van der Waals surface area contributed by atoms with Gasteiger partial charge in [0.05, 0.1) is 16.6 Å². The fourth-order valence-electron chi connectivity index (χ4n) is 3.16. The topological polar surface area (TPSA) is 61.2 Å². The molecule has 3 aromatic carbocycles. The van der Waals surface area contributed by atoms with Gasteiger partial charge in [-0.25, -0.2) is 9.78 Å². The lowest BCUT2D eigenvalue weighted by Crippen LogP contribution is -2.14. The van der Waals surface area contributed by atoms with E-state index in [1.54, 1.807) is 36.4 Å². The van der Waals surface area contributed by atoms with E-state index in [0.717, 1.165) is 17.0 Å². The molecule has 0 radical (unpaired) electrons. The predicted octanol–water partition coefficient (Wildman–Crippen LogP) is 5.03. The summed E-state index contributed by atoms with van der Waals surface area (Å²) in [5, 5.41) is 0.539. The molecule has 5 nitrogen and oxygen atoms in total. The molecule has 1 aromatic heterocycles. The number of ketones is 1. The molecule has 0 saturated carbocycles. The first-order chi connectivity index (χ1) is 14.0. The summed E-state index contributed by atoms with van der Waals surface area (Å²) in [5.41, 5.74) is 3.36. The van der Waals surface area contributed by atoms with Crippen LogP contribution in [-0.2, 0) is 4.74 Å². The number of hydrogen-bond donors (Lipinski definition) is 0. The number of carbonyl (C=O) groups is 2. The average molecular weight is 405 g/mol. The minimum atomic E-state index is -0.568. The number of Topliss-reactive ketones (excluding diaryl/α,β-unsaturated/α-hetero) is 1. The van der Waals surface area contributed by atoms with Crippen molar-refractivity contribution in [3.8, 4) is 5.69 Å². The van der Waals surface area contributed by atoms with Gasteiger partial charge in [0.1, 0.15) is 5.82 Å². The summed E-state index contributed by atoms with van der Waals surface area (Å²) < 4.78 is 7.21. The standard InChI is InChI=1S/C23H17ClN2O3/c1-15-25-20-13-17(9-12-21(20)26(15)19-5-3-2-4-6-19)23(28)29-14-22(27)16-7-10-18(24)11-8-16/h2-13H,14H2,1H3. The van der Waals surface area contributed by atoms with Gasteiger partial charge in [-0.2, -0.15) is 0 Å². The molecule has 0 aliphatic carbocycles. The van der Waals surface area contributed by atoms with Crippen LogP contribution in [-0.4, -0.2) is 27.9 Å². The fourth-order valence-corrected chi connectivity index (χ4v) is 3.29. The zero-order valence-corrected chi connectivity index (χ0v) is 16.4. The second-order valence-electron chi connectivity index (χ2n) is 6.54. The highest BCUT2D eigenvalue weighted by molar-refractivity contribution is 6.30. The van der Waals surface area contributed by atoms with Crippen LogP contribution in [0.1, 0.15) is 26.5 Å². The highest BCUT2D eigenvalue weighted by Gasteiger charge is 2.15. The summed E-state index contributed by atoms with van der Waals surface area (Å²) in [5.74, 6) is -0.0453. The van der Waals surface area contributed by atoms with Crippen molar-refractivity contribution in [2.75, 3.05) is 6.61 Å². The molecule has 0 aliphatic heterocycles. The monoisotopic (exact) mass is 404 g/mol. The molecule has 144 valence electrons. The lowest BCUT2D eigenvalue weighted by molar-refractivity contribution is 0.0475. The predicted molar refractivity (Wildman–Crippen MR) is 112 cm³/mol. The summed E-state index contributed by atoms with van der Waals surface area (Å²) in [6, 6.07) is 21.5. The molecule has 0 spiro atoms. The summed E-state index contributed by atoms with van der Waals surface area (Å²) in [6.07, 6.45) is 0. The van der Waals surface area contributed by atoms with E-state index in [9.17, 15) is 9.59 Å². The van der Waals surface area contributed by atoms with Crippen molar-refractivity contribution in [3.05, 3.63) is 94.8 Å². The minimum Gasteiger partial charge on any atom is -0.454 e. The van der Waals surface area contributed by atoms with E-state index >= 15 is 0 Å². The van der Waals surface area contributed by atoms with Crippen LogP contribution in [0.3, 0.4) is 0 Å². The molecule has 6 heteroatoms. The van der Waals surface area contributed by atoms with Crippen LogP contribution in [0.15, 0.2) is 72.8 Å². The van der Waals surface area contributed by atoms with Crippen molar-refractivity contribution in [2.45, 2.75) is 6.92 Å². The maximum absolute atomic E-state index is 12.4. The normalized spacial score (nSPS) is 10.8. The van der Waals surface area contributed by atoms with Gasteiger partial charge >= 0.3 is 5.97 Å². The molecular formula is C23H17ClN2O3.